The lowest BCUT2D eigenvalue weighted by Crippen LogP contribution is -2.26. The van der Waals surface area contributed by atoms with E-state index in [0.717, 1.165) is 18.7 Å². The Labute approximate surface area is 113 Å². The zero-order valence-corrected chi connectivity index (χ0v) is 11.6. The van der Waals surface area contributed by atoms with Gasteiger partial charge >= 0.3 is 0 Å². The van der Waals surface area contributed by atoms with E-state index in [1.807, 2.05) is 19.2 Å². The Morgan fingerprint density at radius 3 is 2.53 bits per heavy atom. The van der Waals surface area contributed by atoms with Gasteiger partial charge in [-0.25, -0.2) is 0 Å². The molecule has 0 spiro atoms. The van der Waals surface area contributed by atoms with Crippen molar-refractivity contribution in [2.45, 2.75) is 13.3 Å². The molecule has 0 N–H and O–H groups in total. The van der Waals surface area contributed by atoms with Gasteiger partial charge in [0.25, 0.3) is 0 Å². The van der Waals surface area contributed by atoms with Crippen molar-refractivity contribution >= 4 is 16.7 Å². The predicted molar refractivity (Wildman–Crippen MR) is 77.5 cm³/mol. The molecule has 0 aromatic heterocycles. The first-order valence-electron chi connectivity index (χ1n) is 6.38. The second-order valence-electron chi connectivity index (χ2n) is 4.74. The van der Waals surface area contributed by atoms with Gasteiger partial charge in [-0.05, 0) is 34.9 Å². The molecule has 0 radical (unpaired) electrons. The first-order valence-corrected chi connectivity index (χ1v) is 6.38. The van der Waals surface area contributed by atoms with Crippen LogP contribution in [0.5, 0.6) is 5.75 Å². The topological polar surface area (TPSA) is 29.5 Å². The summed E-state index contributed by atoms with van der Waals surface area (Å²) < 4.78 is 5.21. The summed E-state index contributed by atoms with van der Waals surface area (Å²) in [5.74, 6) is 0.974. The molecule has 0 aliphatic heterocycles. The number of benzene rings is 2. The fourth-order valence-electron chi connectivity index (χ4n) is 2.01. The van der Waals surface area contributed by atoms with Crippen LogP contribution in [0.25, 0.3) is 10.8 Å². The molecule has 0 saturated heterocycles. The number of rotatable bonds is 4. The van der Waals surface area contributed by atoms with Gasteiger partial charge in [-0.3, -0.25) is 4.79 Å². The summed E-state index contributed by atoms with van der Waals surface area (Å²) in [5, 5.41) is 2.37. The third-order valence-corrected chi connectivity index (χ3v) is 3.39. The van der Waals surface area contributed by atoms with Crippen LogP contribution in [0.4, 0.5) is 0 Å². The maximum absolute atomic E-state index is 11.2. The molecular formula is C16H19NO2. The Balaban J connectivity index is 2.15. The molecule has 0 bridgehead atoms. The van der Waals surface area contributed by atoms with Crippen LogP contribution in [-0.2, 0) is 11.2 Å². The highest BCUT2D eigenvalue weighted by Crippen LogP contribution is 2.22. The predicted octanol–water partition coefficient (Wildman–Crippen LogP) is 2.87. The third-order valence-electron chi connectivity index (χ3n) is 3.39. The Morgan fingerprint density at radius 2 is 1.84 bits per heavy atom. The molecule has 0 aliphatic rings. The van der Waals surface area contributed by atoms with Gasteiger partial charge in [-0.2, -0.15) is 0 Å². The lowest BCUT2D eigenvalue weighted by Gasteiger charge is -2.14. The molecule has 0 heterocycles. The largest absolute Gasteiger partial charge is 0.497 e. The van der Waals surface area contributed by atoms with Gasteiger partial charge < -0.3 is 9.64 Å². The van der Waals surface area contributed by atoms with Crippen LogP contribution >= 0.6 is 0 Å². The Hall–Kier alpha value is -2.03. The van der Waals surface area contributed by atoms with E-state index >= 15 is 0 Å². The average Bonchev–Trinajstić information content (AvgIpc) is 2.43. The minimum atomic E-state index is 0.102. The van der Waals surface area contributed by atoms with Gasteiger partial charge in [0.1, 0.15) is 5.75 Å². The Bertz CT molecular complexity index is 592. The number of likely N-dealkylation sites (N-methyl/N-ethyl adjacent to an activating group) is 1. The van der Waals surface area contributed by atoms with E-state index in [4.69, 9.17) is 4.74 Å². The molecule has 0 unspecified atom stereocenters. The minimum absolute atomic E-state index is 0.102. The number of fused-ring (bicyclic) bond motifs is 1. The highest BCUT2D eigenvalue weighted by Gasteiger charge is 2.03. The summed E-state index contributed by atoms with van der Waals surface area (Å²) in [7, 11) is 3.50. The molecule has 19 heavy (non-hydrogen) atoms. The van der Waals surface area contributed by atoms with Gasteiger partial charge in [0, 0.05) is 20.5 Å². The van der Waals surface area contributed by atoms with Crippen LogP contribution in [0.1, 0.15) is 12.5 Å². The van der Waals surface area contributed by atoms with Crippen LogP contribution in [0.3, 0.4) is 0 Å². The van der Waals surface area contributed by atoms with Crippen molar-refractivity contribution in [1.29, 1.82) is 0 Å². The second-order valence-corrected chi connectivity index (χ2v) is 4.74. The Kier molecular flexibility index (Phi) is 4.05. The lowest BCUT2D eigenvalue weighted by molar-refractivity contribution is -0.127. The smallest absolute Gasteiger partial charge is 0.219 e. The third kappa shape index (κ3) is 3.25. The van der Waals surface area contributed by atoms with Crippen LogP contribution in [0, 0.1) is 0 Å². The number of methoxy groups -OCH3 is 1. The molecule has 2 aromatic carbocycles. The Morgan fingerprint density at radius 1 is 1.16 bits per heavy atom. The standard InChI is InChI=1S/C16H19NO2/c1-12(18)17(2)9-8-13-4-5-15-11-16(19-3)7-6-14(15)10-13/h4-7,10-11H,8-9H2,1-3H3. The average molecular weight is 257 g/mol. The fourth-order valence-corrected chi connectivity index (χ4v) is 2.01. The van der Waals surface area contributed by atoms with E-state index in [-0.39, 0.29) is 5.91 Å². The van der Waals surface area contributed by atoms with Gasteiger partial charge in [-0.1, -0.05) is 24.3 Å². The molecule has 3 heteroatoms. The normalized spacial score (nSPS) is 10.5. The monoisotopic (exact) mass is 257 g/mol. The highest BCUT2D eigenvalue weighted by molar-refractivity contribution is 5.84. The molecule has 0 atom stereocenters. The molecule has 0 aliphatic carbocycles. The molecule has 2 aromatic rings. The molecule has 100 valence electrons. The molecule has 3 nitrogen and oxygen atoms in total. The van der Waals surface area contributed by atoms with Crippen molar-refractivity contribution in [2.75, 3.05) is 20.7 Å². The van der Waals surface area contributed by atoms with Gasteiger partial charge in [0.05, 0.1) is 7.11 Å². The summed E-state index contributed by atoms with van der Waals surface area (Å²) in [6.45, 7) is 2.34. The minimum Gasteiger partial charge on any atom is -0.497 e. The maximum atomic E-state index is 11.2. The van der Waals surface area contributed by atoms with Crippen LogP contribution in [0.15, 0.2) is 36.4 Å². The summed E-state index contributed by atoms with van der Waals surface area (Å²) >= 11 is 0. The zero-order chi connectivity index (χ0) is 13.8. The van der Waals surface area contributed by atoms with E-state index in [1.165, 1.54) is 16.3 Å². The summed E-state index contributed by atoms with van der Waals surface area (Å²) in [6.07, 6.45) is 0.873. The van der Waals surface area contributed by atoms with Crippen LogP contribution in [-0.4, -0.2) is 31.5 Å². The maximum Gasteiger partial charge on any atom is 0.219 e. The van der Waals surface area contributed by atoms with Crippen molar-refractivity contribution in [3.63, 3.8) is 0 Å². The first-order chi connectivity index (χ1) is 9.10. The van der Waals surface area contributed by atoms with E-state index in [1.54, 1.807) is 18.9 Å². The number of carbonyl (C=O) groups excluding carboxylic acids is 1. The second kappa shape index (κ2) is 5.74. The van der Waals surface area contributed by atoms with Crippen molar-refractivity contribution < 1.29 is 9.53 Å². The van der Waals surface area contributed by atoms with E-state index < -0.39 is 0 Å². The van der Waals surface area contributed by atoms with Gasteiger partial charge in [0.15, 0.2) is 0 Å². The van der Waals surface area contributed by atoms with Gasteiger partial charge in [-0.15, -0.1) is 0 Å². The summed E-state index contributed by atoms with van der Waals surface area (Å²) in [4.78, 5) is 12.9. The summed E-state index contributed by atoms with van der Waals surface area (Å²) in [5.41, 5.74) is 1.24. The molecule has 0 saturated carbocycles. The van der Waals surface area contributed by atoms with E-state index in [9.17, 15) is 4.79 Å². The van der Waals surface area contributed by atoms with E-state index in [2.05, 4.69) is 24.3 Å². The SMILES string of the molecule is COc1ccc2cc(CCN(C)C(C)=O)ccc2c1. The molecule has 2 rings (SSSR count). The lowest BCUT2D eigenvalue weighted by atomic mass is 10.0. The van der Waals surface area contributed by atoms with E-state index in [0.29, 0.717) is 0 Å². The van der Waals surface area contributed by atoms with Gasteiger partial charge in [0.2, 0.25) is 5.91 Å². The number of carbonyl (C=O) groups is 1. The van der Waals surface area contributed by atoms with Crippen molar-refractivity contribution in [1.82, 2.24) is 4.90 Å². The molecule has 1 amide bonds. The van der Waals surface area contributed by atoms with Crippen molar-refractivity contribution in [2.24, 2.45) is 0 Å². The number of hydrogen-bond acceptors (Lipinski definition) is 2. The summed E-state index contributed by atoms with van der Waals surface area (Å²) in [6, 6.07) is 12.4. The van der Waals surface area contributed by atoms with Crippen molar-refractivity contribution in [3.05, 3.63) is 42.0 Å². The zero-order valence-electron chi connectivity index (χ0n) is 11.6. The number of amides is 1. The first kappa shape index (κ1) is 13.4. The van der Waals surface area contributed by atoms with Crippen LogP contribution in [0.2, 0.25) is 0 Å². The fraction of sp³-hybridized carbons (Fsp3) is 0.312. The highest BCUT2D eigenvalue weighted by atomic mass is 16.5. The van der Waals surface area contributed by atoms with Crippen LogP contribution < -0.4 is 4.74 Å². The molecular weight excluding hydrogens is 238 g/mol. The molecule has 0 fully saturated rings. The number of hydrogen-bond donors (Lipinski definition) is 0. The number of ether oxygens (including phenoxy) is 1. The quantitative estimate of drug-likeness (QED) is 0.843. The van der Waals surface area contributed by atoms with Crippen molar-refractivity contribution in [3.8, 4) is 5.75 Å². The number of nitrogens with zero attached hydrogens (tertiary/aromatic N) is 1.